The van der Waals surface area contributed by atoms with E-state index in [0.717, 1.165) is 30.2 Å². The first-order valence-electron chi connectivity index (χ1n) is 6.65. The monoisotopic (exact) mass is 345 g/mol. The third-order valence-corrected chi connectivity index (χ3v) is 6.56. The van der Waals surface area contributed by atoms with Crippen molar-refractivity contribution < 1.29 is 8.42 Å². The van der Waals surface area contributed by atoms with E-state index in [-0.39, 0.29) is 12.1 Å². The Morgan fingerprint density at radius 3 is 2.16 bits per heavy atom. The van der Waals surface area contributed by atoms with Gasteiger partial charge in [0.25, 0.3) is 0 Å². The normalized spacial score (nSPS) is 25.4. The van der Waals surface area contributed by atoms with Gasteiger partial charge >= 0.3 is 0 Å². The van der Waals surface area contributed by atoms with E-state index in [2.05, 4.69) is 15.9 Å². The topological polar surface area (TPSA) is 37.4 Å². The smallest absolute Gasteiger partial charge is 0.207 e. The van der Waals surface area contributed by atoms with Crippen molar-refractivity contribution in [1.82, 2.24) is 4.31 Å². The molecule has 1 fully saturated rings. The number of hydrogen-bond donors (Lipinski definition) is 0. The highest BCUT2D eigenvalue weighted by Crippen LogP contribution is 2.29. The fourth-order valence-corrected chi connectivity index (χ4v) is 5.00. The SMILES string of the molecule is C[C@@H]1CCC[C@H](C)N1S(=O)(=O)c1ccc(CBr)cc1. The molecule has 0 aliphatic carbocycles. The standard InChI is InChI=1S/C14H20BrNO2S/c1-11-4-3-5-12(2)16(11)19(17,18)14-8-6-13(10-15)7-9-14/h6-9,11-12H,3-5,10H2,1-2H3/t11-,12+. The van der Waals surface area contributed by atoms with Crippen molar-refractivity contribution in [2.45, 2.75) is 55.4 Å². The second kappa shape index (κ2) is 5.94. The van der Waals surface area contributed by atoms with Crippen LogP contribution in [0.5, 0.6) is 0 Å². The Balaban J connectivity index is 2.34. The average molecular weight is 346 g/mol. The zero-order valence-corrected chi connectivity index (χ0v) is 13.7. The van der Waals surface area contributed by atoms with Crippen LogP contribution in [0.4, 0.5) is 0 Å². The molecular formula is C14H20BrNO2S. The van der Waals surface area contributed by atoms with E-state index in [9.17, 15) is 8.42 Å². The third kappa shape index (κ3) is 3.03. The number of hydrogen-bond acceptors (Lipinski definition) is 2. The summed E-state index contributed by atoms with van der Waals surface area (Å²) >= 11 is 3.37. The molecule has 19 heavy (non-hydrogen) atoms. The van der Waals surface area contributed by atoms with Gasteiger partial charge in [-0.15, -0.1) is 0 Å². The zero-order valence-electron chi connectivity index (χ0n) is 11.3. The summed E-state index contributed by atoms with van der Waals surface area (Å²) in [6.45, 7) is 4.00. The number of halogens is 1. The van der Waals surface area contributed by atoms with E-state index in [0.29, 0.717) is 4.90 Å². The van der Waals surface area contributed by atoms with Crippen LogP contribution in [-0.2, 0) is 15.4 Å². The number of piperidine rings is 1. The molecule has 1 aliphatic rings. The summed E-state index contributed by atoms with van der Waals surface area (Å²) in [6.07, 6.45) is 3.00. The molecule has 5 heteroatoms. The Labute approximate surface area is 124 Å². The minimum atomic E-state index is -3.37. The predicted molar refractivity (Wildman–Crippen MR) is 80.9 cm³/mol. The minimum absolute atomic E-state index is 0.0876. The maximum Gasteiger partial charge on any atom is 0.243 e. The average Bonchev–Trinajstić information content (AvgIpc) is 2.38. The Hall–Kier alpha value is -0.390. The Morgan fingerprint density at radius 1 is 1.16 bits per heavy atom. The van der Waals surface area contributed by atoms with Crippen molar-refractivity contribution in [2.75, 3.05) is 0 Å². The first-order chi connectivity index (χ1) is 8.96. The van der Waals surface area contributed by atoms with Crippen molar-refractivity contribution in [3.8, 4) is 0 Å². The molecule has 0 spiro atoms. The van der Waals surface area contributed by atoms with Gasteiger partial charge in [-0.2, -0.15) is 4.31 Å². The van der Waals surface area contributed by atoms with Gasteiger partial charge in [0.2, 0.25) is 10.0 Å². The molecule has 2 rings (SSSR count). The molecule has 0 bridgehead atoms. The number of alkyl halides is 1. The summed E-state index contributed by atoms with van der Waals surface area (Å²) in [7, 11) is -3.37. The molecule has 1 saturated heterocycles. The van der Waals surface area contributed by atoms with Gasteiger partial charge in [0, 0.05) is 17.4 Å². The van der Waals surface area contributed by atoms with Crippen LogP contribution in [0, 0.1) is 0 Å². The molecular weight excluding hydrogens is 326 g/mol. The lowest BCUT2D eigenvalue weighted by molar-refractivity contribution is 0.204. The summed E-state index contributed by atoms with van der Waals surface area (Å²) in [6, 6.07) is 7.32. The number of sulfonamides is 1. The first kappa shape index (κ1) is 15.0. The highest BCUT2D eigenvalue weighted by Gasteiger charge is 2.35. The van der Waals surface area contributed by atoms with Crippen LogP contribution in [0.2, 0.25) is 0 Å². The van der Waals surface area contributed by atoms with Crippen LogP contribution in [0.15, 0.2) is 29.2 Å². The molecule has 0 saturated carbocycles. The highest BCUT2D eigenvalue weighted by atomic mass is 79.9. The van der Waals surface area contributed by atoms with Crippen molar-refractivity contribution in [2.24, 2.45) is 0 Å². The van der Waals surface area contributed by atoms with Crippen LogP contribution in [-0.4, -0.2) is 24.8 Å². The lowest BCUT2D eigenvalue weighted by atomic mass is 10.0. The molecule has 2 atom stereocenters. The van der Waals surface area contributed by atoms with Gasteiger partial charge in [0.05, 0.1) is 4.90 Å². The van der Waals surface area contributed by atoms with Crippen LogP contribution in [0.1, 0.15) is 38.7 Å². The predicted octanol–water partition coefficient (Wildman–Crippen LogP) is 3.53. The molecule has 1 heterocycles. The van der Waals surface area contributed by atoms with Gasteiger partial charge in [0.1, 0.15) is 0 Å². The minimum Gasteiger partial charge on any atom is -0.207 e. The molecule has 0 radical (unpaired) electrons. The quantitative estimate of drug-likeness (QED) is 0.785. The van der Waals surface area contributed by atoms with Crippen LogP contribution in [0.3, 0.4) is 0 Å². The maximum absolute atomic E-state index is 12.7. The Morgan fingerprint density at radius 2 is 1.68 bits per heavy atom. The summed E-state index contributed by atoms with van der Waals surface area (Å²) < 4.78 is 27.1. The Kier molecular flexibility index (Phi) is 4.69. The molecule has 1 aromatic rings. The van der Waals surface area contributed by atoms with Gasteiger partial charge in [-0.1, -0.05) is 34.5 Å². The van der Waals surface area contributed by atoms with E-state index < -0.39 is 10.0 Å². The van der Waals surface area contributed by atoms with E-state index in [1.165, 1.54) is 0 Å². The maximum atomic E-state index is 12.7. The second-order valence-corrected chi connectivity index (χ2v) is 7.65. The van der Waals surface area contributed by atoms with Crippen molar-refractivity contribution in [3.05, 3.63) is 29.8 Å². The molecule has 0 amide bonds. The first-order valence-corrected chi connectivity index (χ1v) is 9.21. The highest BCUT2D eigenvalue weighted by molar-refractivity contribution is 9.08. The van der Waals surface area contributed by atoms with Crippen LogP contribution in [0.25, 0.3) is 0 Å². The van der Waals surface area contributed by atoms with Gasteiger partial charge in [-0.05, 0) is 44.4 Å². The fourth-order valence-electron chi connectivity index (χ4n) is 2.74. The van der Waals surface area contributed by atoms with Gasteiger partial charge < -0.3 is 0 Å². The van der Waals surface area contributed by atoms with E-state index in [1.807, 2.05) is 26.0 Å². The van der Waals surface area contributed by atoms with Crippen molar-refractivity contribution >= 4 is 26.0 Å². The molecule has 3 nitrogen and oxygen atoms in total. The van der Waals surface area contributed by atoms with Crippen molar-refractivity contribution in [3.63, 3.8) is 0 Å². The molecule has 0 unspecified atom stereocenters. The molecule has 0 aromatic heterocycles. The number of nitrogens with zero attached hydrogens (tertiary/aromatic N) is 1. The summed E-state index contributed by atoms with van der Waals surface area (Å²) in [5.74, 6) is 0. The molecule has 0 N–H and O–H groups in total. The lowest BCUT2D eigenvalue weighted by Crippen LogP contribution is -2.47. The van der Waals surface area contributed by atoms with Gasteiger partial charge in [-0.25, -0.2) is 8.42 Å². The van der Waals surface area contributed by atoms with E-state index >= 15 is 0 Å². The largest absolute Gasteiger partial charge is 0.243 e. The Bertz CT molecular complexity index is 517. The summed E-state index contributed by atoms with van der Waals surface area (Å²) in [5, 5.41) is 0.740. The van der Waals surface area contributed by atoms with E-state index in [4.69, 9.17) is 0 Å². The molecule has 1 aliphatic heterocycles. The lowest BCUT2D eigenvalue weighted by Gasteiger charge is -2.37. The molecule has 106 valence electrons. The van der Waals surface area contributed by atoms with Crippen molar-refractivity contribution in [1.29, 1.82) is 0 Å². The van der Waals surface area contributed by atoms with E-state index in [1.54, 1.807) is 16.4 Å². The summed E-state index contributed by atoms with van der Waals surface area (Å²) in [5.41, 5.74) is 1.08. The second-order valence-electron chi connectivity index (χ2n) is 5.24. The fraction of sp³-hybridized carbons (Fsp3) is 0.571. The number of benzene rings is 1. The number of rotatable bonds is 3. The molecule has 1 aromatic carbocycles. The van der Waals surface area contributed by atoms with Crippen LogP contribution >= 0.6 is 15.9 Å². The zero-order chi connectivity index (χ0) is 14.0. The summed E-state index contributed by atoms with van der Waals surface area (Å²) in [4.78, 5) is 0.401. The van der Waals surface area contributed by atoms with Crippen LogP contribution < -0.4 is 0 Å². The third-order valence-electron chi connectivity index (χ3n) is 3.77. The van der Waals surface area contributed by atoms with Gasteiger partial charge in [0.15, 0.2) is 0 Å². The van der Waals surface area contributed by atoms with Gasteiger partial charge in [-0.3, -0.25) is 0 Å².